The van der Waals surface area contributed by atoms with Gasteiger partial charge in [-0.25, -0.2) is 9.97 Å². The fraction of sp³-hybridized carbons (Fsp3) is 0.212. The van der Waals surface area contributed by atoms with Gasteiger partial charge in [0.1, 0.15) is 23.7 Å². The molecule has 0 radical (unpaired) electrons. The van der Waals surface area contributed by atoms with E-state index in [1.807, 2.05) is 38.1 Å². The van der Waals surface area contributed by atoms with Crippen molar-refractivity contribution in [2.24, 2.45) is 0 Å². The third-order valence-electron chi connectivity index (χ3n) is 7.18. The number of carbonyl (C=O) groups is 2. The molecule has 5 aromatic rings. The summed E-state index contributed by atoms with van der Waals surface area (Å²) in [6, 6.07) is 15.1. The van der Waals surface area contributed by atoms with Gasteiger partial charge in [0.15, 0.2) is 22.4 Å². The Bertz CT molecular complexity index is 1960. The van der Waals surface area contributed by atoms with Crippen molar-refractivity contribution in [2.45, 2.75) is 26.8 Å². The van der Waals surface area contributed by atoms with Crippen LogP contribution in [-0.4, -0.2) is 51.0 Å². The quantitative estimate of drug-likeness (QED) is 0.0855. The number of Topliss-reactive ketones (excluding diaryl/α,β-unsaturated/α-hetero) is 1. The summed E-state index contributed by atoms with van der Waals surface area (Å²) in [4.78, 5) is 38.4. The first-order valence-electron chi connectivity index (χ1n) is 14.1. The fourth-order valence-corrected chi connectivity index (χ4v) is 6.38. The number of fused-ring (bicyclic) bond motifs is 2. The van der Waals surface area contributed by atoms with E-state index in [4.69, 9.17) is 19.2 Å². The summed E-state index contributed by atoms with van der Waals surface area (Å²) < 4.78 is 19.8. The van der Waals surface area contributed by atoms with Crippen LogP contribution in [0.3, 0.4) is 0 Å². The summed E-state index contributed by atoms with van der Waals surface area (Å²) >= 11 is 1.26. The molecule has 0 spiro atoms. The Balaban J connectivity index is 1.58. The second kappa shape index (κ2) is 11.8. The second-order valence-corrected chi connectivity index (χ2v) is 11.0. The van der Waals surface area contributed by atoms with Crippen molar-refractivity contribution in [3.8, 4) is 17.2 Å². The number of pyridine rings is 1. The van der Waals surface area contributed by atoms with Crippen LogP contribution in [0.4, 0.5) is 5.13 Å². The van der Waals surface area contributed by atoms with Gasteiger partial charge in [-0.15, -0.1) is 0 Å². The lowest BCUT2D eigenvalue weighted by Crippen LogP contribution is -2.29. The number of nitrogens with zero attached hydrogens (tertiary/aromatic N) is 4. The van der Waals surface area contributed by atoms with Crippen LogP contribution in [0.1, 0.15) is 36.8 Å². The van der Waals surface area contributed by atoms with Crippen LogP contribution in [0.25, 0.3) is 21.6 Å². The highest BCUT2D eigenvalue weighted by atomic mass is 32.1. The molecule has 44 heavy (non-hydrogen) atoms. The van der Waals surface area contributed by atoms with Crippen LogP contribution in [0.2, 0.25) is 0 Å². The highest BCUT2D eigenvalue weighted by molar-refractivity contribution is 7.22. The topological polar surface area (TPSA) is 115 Å². The van der Waals surface area contributed by atoms with Gasteiger partial charge in [-0.1, -0.05) is 36.1 Å². The number of aliphatic hydroxyl groups is 1. The zero-order valence-electron chi connectivity index (χ0n) is 24.4. The SMILES string of the molecule is C=CCOc1ccc(C2C(=C(O)c3c(C)nc4ccccn34)C(=O)C(=O)N2c2nc3ccc(OCC)cc3s2)cc1OCC. The molecule has 1 amide bonds. The van der Waals surface area contributed by atoms with Crippen molar-refractivity contribution >= 4 is 49.8 Å². The Morgan fingerprint density at radius 1 is 1.02 bits per heavy atom. The number of aryl methyl sites for hydroxylation is 1. The third-order valence-corrected chi connectivity index (χ3v) is 8.20. The molecule has 1 unspecified atom stereocenters. The van der Waals surface area contributed by atoms with Gasteiger partial charge in [0.05, 0.1) is 40.7 Å². The van der Waals surface area contributed by atoms with Gasteiger partial charge >= 0.3 is 5.91 Å². The molecule has 10 nitrogen and oxygen atoms in total. The summed E-state index contributed by atoms with van der Waals surface area (Å²) in [6.07, 6.45) is 3.37. The molecule has 224 valence electrons. The molecule has 1 saturated heterocycles. The average molecular weight is 611 g/mol. The van der Waals surface area contributed by atoms with Gasteiger partial charge < -0.3 is 19.3 Å². The predicted molar refractivity (Wildman–Crippen MR) is 169 cm³/mol. The van der Waals surface area contributed by atoms with E-state index in [-0.39, 0.29) is 17.9 Å². The Morgan fingerprint density at radius 2 is 1.84 bits per heavy atom. The number of aromatic nitrogens is 3. The average Bonchev–Trinajstić information content (AvgIpc) is 3.67. The molecular formula is C33H30N4O6S. The number of ether oxygens (including phenoxy) is 3. The maximum Gasteiger partial charge on any atom is 0.301 e. The number of imidazole rings is 1. The zero-order valence-corrected chi connectivity index (χ0v) is 25.3. The number of hydrogen-bond donors (Lipinski definition) is 1. The Morgan fingerprint density at radius 3 is 2.61 bits per heavy atom. The lowest BCUT2D eigenvalue weighted by Gasteiger charge is -2.24. The number of aliphatic hydroxyl groups excluding tert-OH is 1. The van der Waals surface area contributed by atoms with Gasteiger partial charge in [-0.05, 0) is 68.8 Å². The molecule has 0 bridgehead atoms. The van der Waals surface area contributed by atoms with Gasteiger partial charge in [0, 0.05) is 6.20 Å². The van der Waals surface area contributed by atoms with E-state index in [0.29, 0.717) is 63.7 Å². The molecule has 4 heterocycles. The summed E-state index contributed by atoms with van der Waals surface area (Å²) in [5, 5.41) is 12.2. The first-order valence-corrected chi connectivity index (χ1v) is 15.0. The molecule has 1 aliphatic rings. The van der Waals surface area contributed by atoms with Crippen molar-refractivity contribution in [1.29, 1.82) is 0 Å². The van der Waals surface area contributed by atoms with E-state index >= 15 is 0 Å². The van der Waals surface area contributed by atoms with Crippen molar-refractivity contribution in [3.63, 3.8) is 0 Å². The Kier molecular flexibility index (Phi) is 7.79. The van der Waals surface area contributed by atoms with E-state index in [1.54, 1.807) is 53.9 Å². The van der Waals surface area contributed by atoms with Crippen molar-refractivity contribution in [2.75, 3.05) is 24.7 Å². The van der Waals surface area contributed by atoms with Crippen LogP contribution in [0, 0.1) is 6.92 Å². The number of thiazole rings is 1. The van der Waals surface area contributed by atoms with E-state index in [0.717, 1.165) is 4.70 Å². The molecule has 2 aromatic carbocycles. The molecular weight excluding hydrogens is 580 g/mol. The third kappa shape index (κ3) is 4.94. The molecule has 1 atom stereocenters. The number of amides is 1. The fourth-order valence-electron chi connectivity index (χ4n) is 5.35. The Hall–Kier alpha value is -5.16. The largest absolute Gasteiger partial charge is 0.505 e. The minimum absolute atomic E-state index is 0.0831. The first-order chi connectivity index (χ1) is 21.4. The molecule has 3 aromatic heterocycles. The molecule has 0 saturated carbocycles. The highest BCUT2D eigenvalue weighted by Crippen LogP contribution is 2.46. The van der Waals surface area contributed by atoms with Gasteiger partial charge in [-0.2, -0.15) is 0 Å². The van der Waals surface area contributed by atoms with E-state index in [2.05, 4.69) is 11.6 Å². The maximum absolute atomic E-state index is 13.9. The zero-order chi connectivity index (χ0) is 31.0. The highest BCUT2D eigenvalue weighted by Gasteiger charge is 2.49. The monoisotopic (exact) mass is 610 g/mol. The first kappa shape index (κ1) is 28.9. The van der Waals surface area contributed by atoms with Gasteiger partial charge in [-0.3, -0.25) is 18.9 Å². The minimum atomic E-state index is -1.02. The van der Waals surface area contributed by atoms with Gasteiger partial charge in [0.2, 0.25) is 0 Å². The second-order valence-electron chi connectivity index (χ2n) is 9.94. The molecule has 1 aliphatic heterocycles. The molecule has 6 rings (SSSR count). The van der Waals surface area contributed by atoms with E-state index < -0.39 is 17.7 Å². The van der Waals surface area contributed by atoms with Crippen LogP contribution >= 0.6 is 11.3 Å². The number of benzene rings is 2. The van der Waals surface area contributed by atoms with E-state index in [1.165, 1.54) is 16.2 Å². The van der Waals surface area contributed by atoms with Crippen molar-refractivity contribution in [3.05, 3.63) is 96.0 Å². The number of carbonyl (C=O) groups excluding carboxylic acids is 2. The summed E-state index contributed by atoms with van der Waals surface area (Å²) in [5.74, 6) is -0.401. The predicted octanol–water partition coefficient (Wildman–Crippen LogP) is 6.24. The normalized spacial score (nSPS) is 16.2. The smallest absolute Gasteiger partial charge is 0.301 e. The van der Waals surface area contributed by atoms with Crippen LogP contribution in [0.15, 0.2) is 79.0 Å². The lowest BCUT2D eigenvalue weighted by atomic mass is 9.96. The number of ketones is 1. The van der Waals surface area contributed by atoms with Crippen LogP contribution in [0.5, 0.6) is 17.2 Å². The molecule has 11 heteroatoms. The summed E-state index contributed by atoms with van der Waals surface area (Å²) in [5.41, 5.74) is 2.52. The minimum Gasteiger partial charge on any atom is -0.505 e. The molecule has 1 N–H and O–H groups in total. The maximum atomic E-state index is 13.9. The molecule has 1 fully saturated rings. The molecule has 0 aliphatic carbocycles. The van der Waals surface area contributed by atoms with E-state index in [9.17, 15) is 14.7 Å². The summed E-state index contributed by atoms with van der Waals surface area (Å²) in [7, 11) is 0. The lowest BCUT2D eigenvalue weighted by molar-refractivity contribution is -0.132. The van der Waals surface area contributed by atoms with Crippen LogP contribution in [-0.2, 0) is 9.59 Å². The number of rotatable bonds is 10. The van der Waals surface area contributed by atoms with Gasteiger partial charge in [0.25, 0.3) is 5.78 Å². The number of anilines is 1. The Labute approximate surface area is 257 Å². The van der Waals surface area contributed by atoms with Crippen LogP contribution < -0.4 is 19.1 Å². The van der Waals surface area contributed by atoms with Crippen molar-refractivity contribution < 1.29 is 28.9 Å². The number of hydrogen-bond acceptors (Lipinski definition) is 9. The summed E-state index contributed by atoms with van der Waals surface area (Å²) in [6.45, 7) is 10.3. The standard InChI is InChI=1S/C33H30N4O6S/c1-5-16-43-23-14-11-20(17-24(23)42-7-3)29-27(30(38)28-19(4)34-26-10-8-9-15-36(26)28)31(39)32(40)37(29)33-35-22-13-12-21(41-6-2)18-25(22)44-33/h5,8-15,17-18,29,38H,1,6-7,16H2,2-4H3. The van der Waals surface area contributed by atoms with Crippen molar-refractivity contribution in [1.82, 2.24) is 14.4 Å².